The number of rotatable bonds is 9. The Labute approximate surface area is 130 Å². The molecule has 1 aromatic rings. The monoisotopic (exact) mass is 306 g/mol. The molecule has 1 rings (SSSR count). The second kappa shape index (κ2) is 9.55. The highest BCUT2D eigenvalue weighted by atomic mass is 16.5. The third-order valence-corrected chi connectivity index (χ3v) is 2.70. The molecule has 0 aliphatic carbocycles. The topological polar surface area (TPSA) is 77.5 Å². The summed E-state index contributed by atoms with van der Waals surface area (Å²) in [4.78, 5) is 28.0. The number of esters is 1. The molecule has 0 aromatic carbocycles. The standard InChI is InChI=1S/C16H22N2O4/c1-4-8-14(19)12(16(20)22-6-3)11-18-13-9-7-10-17-15(13)21-5-2/h7,9-11,18H,4-6,8H2,1-3H3. The number of nitrogens with one attached hydrogen (secondary N) is 1. The largest absolute Gasteiger partial charge is 0.476 e. The number of aromatic nitrogens is 1. The molecular weight excluding hydrogens is 284 g/mol. The van der Waals surface area contributed by atoms with E-state index in [9.17, 15) is 9.59 Å². The molecule has 0 saturated heterocycles. The van der Waals surface area contributed by atoms with Crippen LogP contribution in [0.4, 0.5) is 5.69 Å². The van der Waals surface area contributed by atoms with E-state index in [0.29, 0.717) is 24.6 Å². The predicted molar refractivity (Wildman–Crippen MR) is 83.7 cm³/mol. The lowest BCUT2D eigenvalue weighted by atomic mass is 10.1. The van der Waals surface area contributed by atoms with Gasteiger partial charge in [-0.3, -0.25) is 4.79 Å². The van der Waals surface area contributed by atoms with Crippen LogP contribution in [0.3, 0.4) is 0 Å². The van der Waals surface area contributed by atoms with Crippen molar-refractivity contribution in [1.29, 1.82) is 0 Å². The minimum Gasteiger partial charge on any atom is -0.476 e. The van der Waals surface area contributed by atoms with E-state index in [1.54, 1.807) is 25.3 Å². The summed E-state index contributed by atoms with van der Waals surface area (Å²) in [6, 6.07) is 3.48. The Morgan fingerprint density at radius 1 is 1.27 bits per heavy atom. The lowest BCUT2D eigenvalue weighted by Crippen LogP contribution is -2.17. The Hall–Kier alpha value is -2.37. The second-order valence-electron chi connectivity index (χ2n) is 4.39. The lowest BCUT2D eigenvalue weighted by molar-refractivity contribution is -0.140. The van der Waals surface area contributed by atoms with E-state index in [0.717, 1.165) is 0 Å². The zero-order valence-corrected chi connectivity index (χ0v) is 13.2. The highest BCUT2D eigenvalue weighted by molar-refractivity contribution is 6.17. The normalized spacial score (nSPS) is 11.0. The number of carbonyl (C=O) groups is 2. The average Bonchev–Trinajstić information content (AvgIpc) is 2.50. The number of ether oxygens (including phenoxy) is 2. The van der Waals surface area contributed by atoms with Crippen molar-refractivity contribution in [2.75, 3.05) is 18.5 Å². The van der Waals surface area contributed by atoms with Gasteiger partial charge in [0.2, 0.25) is 5.88 Å². The third kappa shape index (κ3) is 5.20. The fourth-order valence-electron chi connectivity index (χ4n) is 1.73. The SMILES string of the molecule is CCCC(=O)C(=CNc1cccnc1OCC)C(=O)OCC. The summed E-state index contributed by atoms with van der Waals surface area (Å²) >= 11 is 0. The van der Waals surface area contributed by atoms with Crippen molar-refractivity contribution in [2.24, 2.45) is 0 Å². The van der Waals surface area contributed by atoms with Gasteiger partial charge in [0, 0.05) is 18.8 Å². The molecule has 0 spiro atoms. The van der Waals surface area contributed by atoms with Crippen LogP contribution in [0.15, 0.2) is 30.1 Å². The number of hydrogen-bond donors (Lipinski definition) is 1. The van der Waals surface area contributed by atoms with Gasteiger partial charge < -0.3 is 14.8 Å². The number of hydrogen-bond acceptors (Lipinski definition) is 6. The van der Waals surface area contributed by atoms with Crippen LogP contribution in [-0.4, -0.2) is 30.0 Å². The highest BCUT2D eigenvalue weighted by Crippen LogP contribution is 2.21. The van der Waals surface area contributed by atoms with E-state index in [2.05, 4.69) is 10.3 Å². The molecule has 0 fully saturated rings. The van der Waals surface area contributed by atoms with E-state index >= 15 is 0 Å². The first-order valence-electron chi connectivity index (χ1n) is 7.38. The number of nitrogens with zero attached hydrogens (tertiary/aromatic N) is 1. The Morgan fingerprint density at radius 3 is 2.68 bits per heavy atom. The van der Waals surface area contributed by atoms with E-state index in [4.69, 9.17) is 9.47 Å². The Morgan fingerprint density at radius 2 is 2.05 bits per heavy atom. The van der Waals surface area contributed by atoms with Crippen LogP contribution in [0.25, 0.3) is 0 Å². The van der Waals surface area contributed by atoms with Crippen molar-refractivity contribution in [3.8, 4) is 5.88 Å². The first kappa shape index (κ1) is 17.7. The quantitative estimate of drug-likeness (QED) is 0.327. The fourth-order valence-corrected chi connectivity index (χ4v) is 1.73. The van der Waals surface area contributed by atoms with Crippen molar-refractivity contribution in [1.82, 2.24) is 4.98 Å². The van der Waals surface area contributed by atoms with Crippen molar-refractivity contribution >= 4 is 17.4 Å². The van der Waals surface area contributed by atoms with Gasteiger partial charge in [0.25, 0.3) is 0 Å². The third-order valence-electron chi connectivity index (χ3n) is 2.70. The minimum absolute atomic E-state index is 0.00463. The molecular formula is C16H22N2O4. The second-order valence-corrected chi connectivity index (χ2v) is 4.39. The van der Waals surface area contributed by atoms with Crippen LogP contribution in [0.5, 0.6) is 5.88 Å². The molecule has 120 valence electrons. The van der Waals surface area contributed by atoms with Gasteiger partial charge in [0.15, 0.2) is 5.78 Å². The number of anilines is 1. The summed E-state index contributed by atoms with van der Waals surface area (Å²) in [6.07, 6.45) is 3.91. The first-order valence-corrected chi connectivity index (χ1v) is 7.38. The summed E-state index contributed by atoms with van der Waals surface area (Å²) in [6.45, 7) is 6.11. The van der Waals surface area contributed by atoms with Crippen molar-refractivity contribution < 1.29 is 19.1 Å². The van der Waals surface area contributed by atoms with Crippen LogP contribution < -0.4 is 10.1 Å². The van der Waals surface area contributed by atoms with Gasteiger partial charge in [0.1, 0.15) is 11.3 Å². The van der Waals surface area contributed by atoms with Gasteiger partial charge in [-0.25, -0.2) is 9.78 Å². The van der Waals surface area contributed by atoms with Crippen LogP contribution in [0.1, 0.15) is 33.6 Å². The van der Waals surface area contributed by atoms with Gasteiger partial charge in [-0.15, -0.1) is 0 Å². The molecule has 0 unspecified atom stereocenters. The van der Waals surface area contributed by atoms with Crippen LogP contribution in [0.2, 0.25) is 0 Å². The van der Waals surface area contributed by atoms with Gasteiger partial charge in [-0.2, -0.15) is 0 Å². The van der Waals surface area contributed by atoms with Crippen molar-refractivity contribution in [3.63, 3.8) is 0 Å². The van der Waals surface area contributed by atoms with Gasteiger partial charge in [-0.05, 0) is 32.4 Å². The Kier molecular flexibility index (Phi) is 7.67. The lowest BCUT2D eigenvalue weighted by Gasteiger charge is -2.10. The number of pyridine rings is 1. The molecule has 6 heteroatoms. The summed E-state index contributed by atoms with van der Waals surface area (Å²) in [5, 5.41) is 2.91. The summed E-state index contributed by atoms with van der Waals surface area (Å²) in [5.41, 5.74) is 0.574. The summed E-state index contributed by atoms with van der Waals surface area (Å²) < 4.78 is 10.3. The zero-order valence-electron chi connectivity index (χ0n) is 13.2. The summed E-state index contributed by atoms with van der Waals surface area (Å²) in [7, 11) is 0. The Balaban J connectivity index is 2.97. The molecule has 0 aliphatic rings. The average molecular weight is 306 g/mol. The molecule has 0 amide bonds. The first-order chi connectivity index (χ1) is 10.6. The number of carbonyl (C=O) groups excluding carboxylic acids is 2. The molecule has 0 bridgehead atoms. The van der Waals surface area contributed by atoms with Gasteiger partial charge in [-0.1, -0.05) is 6.92 Å². The fraction of sp³-hybridized carbons (Fsp3) is 0.438. The molecule has 22 heavy (non-hydrogen) atoms. The minimum atomic E-state index is -0.629. The molecule has 0 aliphatic heterocycles. The van der Waals surface area contributed by atoms with Crippen LogP contribution in [-0.2, 0) is 14.3 Å². The van der Waals surface area contributed by atoms with E-state index in [1.165, 1.54) is 6.20 Å². The maximum absolute atomic E-state index is 12.0. The molecule has 0 atom stereocenters. The molecule has 0 saturated carbocycles. The van der Waals surface area contributed by atoms with E-state index < -0.39 is 5.97 Å². The summed E-state index contributed by atoms with van der Waals surface area (Å²) in [5.74, 6) is -0.474. The smallest absolute Gasteiger partial charge is 0.343 e. The molecule has 6 nitrogen and oxygen atoms in total. The molecule has 1 heterocycles. The molecule has 0 radical (unpaired) electrons. The molecule has 1 N–H and O–H groups in total. The van der Waals surface area contributed by atoms with Gasteiger partial charge in [0.05, 0.1) is 13.2 Å². The Bertz CT molecular complexity index is 521. The number of ketones is 1. The van der Waals surface area contributed by atoms with Crippen molar-refractivity contribution in [2.45, 2.75) is 33.6 Å². The maximum Gasteiger partial charge on any atom is 0.343 e. The van der Waals surface area contributed by atoms with E-state index in [-0.39, 0.29) is 24.4 Å². The highest BCUT2D eigenvalue weighted by Gasteiger charge is 2.19. The number of Topliss-reactive ketones (excluding diaryl/α,β-unsaturated/α-hetero) is 1. The zero-order chi connectivity index (χ0) is 16.4. The maximum atomic E-state index is 12.0. The van der Waals surface area contributed by atoms with Crippen molar-refractivity contribution in [3.05, 3.63) is 30.1 Å². The van der Waals surface area contributed by atoms with E-state index in [1.807, 2.05) is 13.8 Å². The van der Waals surface area contributed by atoms with Crippen LogP contribution in [0, 0.1) is 0 Å². The van der Waals surface area contributed by atoms with Gasteiger partial charge >= 0.3 is 5.97 Å². The van der Waals surface area contributed by atoms with Crippen LogP contribution >= 0.6 is 0 Å². The molecule has 1 aromatic heterocycles. The predicted octanol–water partition coefficient (Wildman–Crippen LogP) is 2.71.